The van der Waals surface area contributed by atoms with E-state index < -0.39 is 9.84 Å². The van der Waals surface area contributed by atoms with Crippen LogP contribution in [0.25, 0.3) is 11.0 Å². The molecule has 4 nitrogen and oxygen atoms in total. The maximum atomic E-state index is 11.7. The number of benzene rings is 1. The first-order valence-corrected chi connectivity index (χ1v) is 8.59. The van der Waals surface area contributed by atoms with Gasteiger partial charge in [0.15, 0.2) is 9.84 Å². The van der Waals surface area contributed by atoms with Crippen LogP contribution in [-0.4, -0.2) is 29.5 Å². The van der Waals surface area contributed by atoms with Gasteiger partial charge in [-0.05, 0) is 31.0 Å². The summed E-state index contributed by atoms with van der Waals surface area (Å²) in [5.41, 5.74) is 3.00. The predicted molar refractivity (Wildman–Crippen MR) is 76.3 cm³/mol. The Labute approximate surface area is 117 Å². The Morgan fingerprint density at radius 3 is 2.89 bits per heavy atom. The summed E-state index contributed by atoms with van der Waals surface area (Å²) in [5.74, 6) is 1.50. The van der Waals surface area contributed by atoms with Gasteiger partial charge >= 0.3 is 0 Å². The average Bonchev–Trinajstić information content (AvgIpc) is 2.88. The van der Waals surface area contributed by atoms with Crippen LogP contribution in [0.4, 0.5) is 0 Å². The second-order valence-corrected chi connectivity index (χ2v) is 7.58. The van der Waals surface area contributed by atoms with Gasteiger partial charge in [-0.25, -0.2) is 13.4 Å². The molecule has 1 aliphatic rings. The van der Waals surface area contributed by atoms with Crippen molar-refractivity contribution in [2.75, 3.05) is 11.5 Å². The molecule has 3 rings (SSSR count). The Kier molecular flexibility index (Phi) is 3.06. The Hall–Kier alpha value is -1.07. The van der Waals surface area contributed by atoms with Crippen molar-refractivity contribution in [2.24, 2.45) is 0 Å². The van der Waals surface area contributed by atoms with Crippen LogP contribution in [-0.2, 0) is 15.7 Å². The molecule has 0 amide bonds. The van der Waals surface area contributed by atoms with Crippen molar-refractivity contribution in [3.63, 3.8) is 0 Å². The van der Waals surface area contributed by atoms with Gasteiger partial charge in [0.05, 0.1) is 34.5 Å². The lowest BCUT2D eigenvalue weighted by atomic mass is 10.2. The van der Waals surface area contributed by atoms with Gasteiger partial charge in [0.25, 0.3) is 0 Å². The Morgan fingerprint density at radius 1 is 1.47 bits per heavy atom. The molecule has 0 aliphatic carbocycles. The smallest absolute Gasteiger partial charge is 0.152 e. The zero-order valence-electron chi connectivity index (χ0n) is 10.6. The molecule has 1 atom stereocenters. The van der Waals surface area contributed by atoms with Crippen molar-refractivity contribution in [3.8, 4) is 0 Å². The van der Waals surface area contributed by atoms with E-state index in [1.54, 1.807) is 0 Å². The van der Waals surface area contributed by atoms with Crippen molar-refractivity contribution >= 4 is 32.5 Å². The van der Waals surface area contributed by atoms with E-state index in [1.807, 2.05) is 29.7 Å². The Bertz CT molecular complexity index is 736. The molecule has 1 aliphatic heterocycles. The fourth-order valence-corrected chi connectivity index (χ4v) is 4.62. The topological polar surface area (TPSA) is 52.0 Å². The summed E-state index contributed by atoms with van der Waals surface area (Å²) in [7, 11) is -2.92. The van der Waals surface area contributed by atoms with Crippen molar-refractivity contribution in [3.05, 3.63) is 29.6 Å². The molecule has 0 N–H and O–H groups in total. The minimum Gasteiger partial charge on any atom is -0.323 e. The van der Waals surface area contributed by atoms with Crippen molar-refractivity contribution < 1.29 is 8.42 Å². The number of aromatic nitrogens is 2. The van der Waals surface area contributed by atoms with Gasteiger partial charge in [0.1, 0.15) is 5.82 Å². The van der Waals surface area contributed by atoms with Gasteiger partial charge in [-0.15, -0.1) is 11.6 Å². The third kappa shape index (κ3) is 2.25. The molecule has 0 spiro atoms. The van der Waals surface area contributed by atoms with E-state index in [2.05, 4.69) is 4.98 Å². The fraction of sp³-hybridized carbons (Fsp3) is 0.462. The molecule has 0 radical (unpaired) electrons. The van der Waals surface area contributed by atoms with E-state index in [4.69, 9.17) is 11.6 Å². The van der Waals surface area contributed by atoms with Crippen LogP contribution in [0.3, 0.4) is 0 Å². The number of rotatable bonds is 2. The van der Waals surface area contributed by atoms with Crippen molar-refractivity contribution in [2.45, 2.75) is 25.3 Å². The second-order valence-electron chi connectivity index (χ2n) is 5.08. The van der Waals surface area contributed by atoms with Gasteiger partial charge in [-0.3, -0.25) is 0 Å². The molecule has 1 saturated heterocycles. The van der Waals surface area contributed by atoms with Crippen LogP contribution in [0, 0.1) is 6.92 Å². The number of alkyl halides is 1. The minimum absolute atomic E-state index is 0.0365. The molecule has 19 heavy (non-hydrogen) atoms. The number of fused-ring (bicyclic) bond motifs is 1. The first kappa shape index (κ1) is 12.9. The summed E-state index contributed by atoms with van der Waals surface area (Å²) in [4.78, 5) is 4.50. The highest BCUT2D eigenvalue weighted by atomic mass is 35.5. The second kappa shape index (κ2) is 4.49. The monoisotopic (exact) mass is 298 g/mol. The van der Waals surface area contributed by atoms with Gasteiger partial charge in [-0.2, -0.15) is 0 Å². The molecule has 2 heterocycles. The van der Waals surface area contributed by atoms with Crippen LogP contribution in [0.5, 0.6) is 0 Å². The molecule has 1 aromatic heterocycles. The Morgan fingerprint density at radius 2 is 2.26 bits per heavy atom. The number of hydrogen-bond donors (Lipinski definition) is 0. The van der Waals surface area contributed by atoms with Crippen LogP contribution >= 0.6 is 11.6 Å². The van der Waals surface area contributed by atoms with E-state index in [-0.39, 0.29) is 17.5 Å². The number of sulfone groups is 1. The first-order chi connectivity index (χ1) is 9.00. The molecule has 102 valence electrons. The summed E-state index contributed by atoms with van der Waals surface area (Å²) in [6, 6.07) is 5.97. The molecule has 2 aromatic rings. The maximum absolute atomic E-state index is 11.7. The van der Waals surface area contributed by atoms with E-state index in [9.17, 15) is 8.42 Å². The molecular formula is C13H15ClN2O2S. The molecule has 0 saturated carbocycles. The summed E-state index contributed by atoms with van der Waals surface area (Å²) >= 11 is 5.96. The van der Waals surface area contributed by atoms with Crippen LogP contribution < -0.4 is 0 Å². The molecular weight excluding hydrogens is 284 g/mol. The van der Waals surface area contributed by atoms with Crippen molar-refractivity contribution in [1.82, 2.24) is 9.55 Å². The minimum atomic E-state index is -2.92. The predicted octanol–water partition coefficient (Wildman–Crippen LogP) is 2.44. The SMILES string of the molecule is Cc1ccc2nc(CCl)n(C3CCS(=O)(=O)C3)c2c1. The van der Waals surface area contributed by atoms with E-state index in [0.717, 1.165) is 22.4 Å². The average molecular weight is 299 g/mol. The van der Waals surface area contributed by atoms with Crippen molar-refractivity contribution in [1.29, 1.82) is 0 Å². The van der Waals surface area contributed by atoms with E-state index >= 15 is 0 Å². The maximum Gasteiger partial charge on any atom is 0.152 e. The Balaban J connectivity index is 2.18. The number of aryl methyl sites for hydroxylation is 1. The van der Waals surface area contributed by atoms with Gasteiger partial charge in [-0.1, -0.05) is 6.07 Å². The molecule has 1 fully saturated rings. The standard InChI is InChI=1S/C13H15ClN2O2S/c1-9-2-3-11-12(6-9)16(13(7-14)15-11)10-4-5-19(17,18)8-10/h2-3,6,10H,4-5,7-8H2,1H3. The van der Waals surface area contributed by atoms with Crippen LogP contribution in [0.1, 0.15) is 23.9 Å². The lowest BCUT2D eigenvalue weighted by Gasteiger charge is -2.14. The third-order valence-corrected chi connectivity index (χ3v) is 5.60. The summed E-state index contributed by atoms with van der Waals surface area (Å²) < 4.78 is 25.4. The highest BCUT2D eigenvalue weighted by molar-refractivity contribution is 7.91. The van der Waals surface area contributed by atoms with E-state index in [0.29, 0.717) is 12.3 Å². The quantitative estimate of drug-likeness (QED) is 0.800. The zero-order chi connectivity index (χ0) is 13.6. The number of halogens is 1. The van der Waals surface area contributed by atoms with Gasteiger partial charge in [0, 0.05) is 0 Å². The first-order valence-electron chi connectivity index (χ1n) is 6.24. The summed E-state index contributed by atoms with van der Waals surface area (Å²) in [6.45, 7) is 2.02. The van der Waals surface area contributed by atoms with Gasteiger partial charge in [0.2, 0.25) is 0 Å². The molecule has 1 unspecified atom stereocenters. The van der Waals surface area contributed by atoms with Gasteiger partial charge < -0.3 is 4.57 Å². The third-order valence-electron chi connectivity index (χ3n) is 3.61. The summed E-state index contributed by atoms with van der Waals surface area (Å²) in [6.07, 6.45) is 0.644. The molecule has 1 aromatic carbocycles. The number of imidazole rings is 1. The fourth-order valence-electron chi connectivity index (χ4n) is 2.73. The molecule has 6 heteroatoms. The largest absolute Gasteiger partial charge is 0.323 e. The highest BCUT2D eigenvalue weighted by Crippen LogP contribution is 2.30. The number of hydrogen-bond acceptors (Lipinski definition) is 3. The molecule has 0 bridgehead atoms. The zero-order valence-corrected chi connectivity index (χ0v) is 12.2. The summed E-state index contributed by atoms with van der Waals surface area (Å²) in [5, 5.41) is 0. The number of nitrogens with zero attached hydrogens (tertiary/aromatic N) is 2. The van der Waals surface area contributed by atoms with Crippen LogP contribution in [0.2, 0.25) is 0 Å². The lowest BCUT2D eigenvalue weighted by Crippen LogP contribution is -2.13. The highest BCUT2D eigenvalue weighted by Gasteiger charge is 2.31. The van der Waals surface area contributed by atoms with Crippen LogP contribution in [0.15, 0.2) is 18.2 Å². The normalized spacial score (nSPS) is 22.1. The lowest BCUT2D eigenvalue weighted by molar-refractivity contribution is 0.554. The van der Waals surface area contributed by atoms with E-state index in [1.165, 1.54) is 0 Å².